The first-order valence-corrected chi connectivity index (χ1v) is 12.7. The molecule has 0 aromatic heterocycles. The molecule has 0 aliphatic carbocycles. The van der Waals surface area contributed by atoms with E-state index in [4.69, 9.17) is 0 Å². The summed E-state index contributed by atoms with van der Waals surface area (Å²) < 4.78 is 41.1. The second-order valence-corrected chi connectivity index (χ2v) is 9.36. The van der Waals surface area contributed by atoms with Crippen molar-refractivity contribution in [1.29, 1.82) is 0 Å². The van der Waals surface area contributed by atoms with Gasteiger partial charge in [-0.05, 0) is 79.3 Å². The van der Waals surface area contributed by atoms with E-state index in [-0.39, 0.29) is 18.1 Å². The van der Waals surface area contributed by atoms with Gasteiger partial charge in [0.05, 0.1) is 11.8 Å². The number of aryl methyl sites for hydroxylation is 1. The van der Waals surface area contributed by atoms with Gasteiger partial charge >= 0.3 is 6.36 Å². The van der Waals surface area contributed by atoms with E-state index in [1.54, 1.807) is 38.5 Å². The largest absolute Gasteiger partial charge is 0.573 e. The maximum atomic E-state index is 12.4. The minimum atomic E-state index is -4.73. The predicted octanol–water partition coefficient (Wildman–Crippen LogP) is 5.02. The first-order valence-electron chi connectivity index (χ1n) is 12.7. The second kappa shape index (κ2) is 13.8. The summed E-state index contributed by atoms with van der Waals surface area (Å²) in [5.74, 6) is -0.460. The van der Waals surface area contributed by atoms with Crippen LogP contribution in [0.1, 0.15) is 59.2 Å². The van der Waals surface area contributed by atoms with Crippen LogP contribution in [-0.2, 0) is 22.6 Å². The maximum Gasteiger partial charge on any atom is 0.573 e. The lowest BCUT2D eigenvalue weighted by Gasteiger charge is -2.27. The Morgan fingerprint density at radius 3 is 2.54 bits per heavy atom. The van der Waals surface area contributed by atoms with Crippen LogP contribution in [-0.4, -0.2) is 55.6 Å². The van der Waals surface area contributed by atoms with E-state index < -0.39 is 12.4 Å². The van der Waals surface area contributed by atoms with Crippen molar-refractivity contribution in [2.45, 2.75) is 57.5 Å². The molecule has 10 heteroatoms. The number of alkyl halides is 3. The molecule has 1 unspecified atom stereocenters. The molecule has 1 amide bonds. The van der Waals surface area contributed by atoms with E-state index in [1.165, 1.54) is 12.1 Å². The quantitative estimate of drug-likeness (QED) is 0.338. The SMILES string of the molecule is CNC(=O)C(CCC=O)N(C)Cc1c(C=O)cccc1CCCC1=CN=C(c2ccc(OC(F)(F)F)cc2)C1. The van der Waals surface area contributed by atoms with Crippen LogP contribution in [0.5, 0.6) is 5.75 Å². The van der Waals surface area contributed by atoms with E-state index >= 15 is 0 Å². The summed E-state index contributed by atoms with van der Waals surface area (Å²) >= 11 is 0. The van der Waals surface area contributed by atoms with Crippen LogP contribution in [0, 0.1) is 0 Å². The first kappa shape index (κ1) is 29.8. The van der Waals surface area contributed by atoms with Crippen LogP contribution >= 0.6 is 0 Å². The monoisotopic (exact) mass is 543 g/mol. The third-order valence-corrected chi connectivity index (χ3v) is 6.65. The number of allylic oxidation sites excluding steroid dienone is 1. The molecule has 0 fully saturated rings. The number of benzene rings is 2. The molecule has 208 valence electrons. The van der Waals surface area contributed by atoms with E-state index in [9.17, 15) is 27.6 Å². The second-order valence-electron chi connectivity index (χ2n) is 9.36. The summed E-state index contributed by atoms with van der Waals surface area (Å²) in [6.07, 6.45) is 2.20. The van der Waals surface area contributed by atoms with Gasteiger partial charge in [0, 0.05) is 38.2 Å². The molecule has 0 saturated carbocycles. The van der Waals surface area contributed by atoms with E-state index in [0.717, 1.165) is 53.4 Å². The Labute approximate surface area is 225 Å². The van der Waals surface area contributed by atoms with Crippen LogP contribution in [0.25, 0.3) is 0 Å². The van der Waals surface area contributed by atoms with Crippen molar-refractivity contribution in [1.82, 2.24) is 10.2 Å². The topological polar surface area (TPSA) is 88.1 Å². The highest BCUT2D eigenvalue weighted by molar-refractivity contribution is 6.03. The summed E-state index contributed by atoms with van der Waals surface area (Å²) in [7, 11) is 3.36. The van der Waals surface area contributed by atoms with E-state index in [2.05, 4.69) is 15.0 Å². The number of aliphatic imine (C=N–C) groups is 1. The van der Waals surface area contributed by atoms with Crippen molar-refractivity contribution in [3.05, 3.63) is 76.5 Å². The number of hydrogen-bond acceptors (Lipinski definition) is 6. The van der Waals surface area contributed by atoms with Crippen molar-refractivity contribution in [3.8, 4) is 5.75 Å². The molecule has 2 aromatic rings. The van der Waals surface area contributed by atoms with Crippen LogP contribution in [0.2, 0.25) is 0 Å². The zero-order valence-corrected chi connectivity index (χ0v) is 22.0. The highest BCUT2D eigenvalue weighted by atomic mass is 19.4. The molecule has 0 bridgehead atoms. The number of carbonyl (C=O) groups is 3. The normalized spacial score (nSPS) is 14.0. The number of carbonyl (C=O) groups excluding carboxylic acids is 3. The van der Waals surface area contributed by atoms with Gasteiger partial charge in [-0.25, -0.2) is 0 Å². The Hall–Kier alpha value is -3.79. The average Bonchev–Trinajstić information content (AvgIpc) is 3.38. The maximum absolute atomic E-state index is 12.4. The molecule has 39 heavy (non-hydrogen) atoms. The molecule has 0 saturated heterocycles. The van der Waals surface area contributed by atoms with Gasteiger partial charge in [0.25, 0.3) is 0 Å². The van der Waals surface area contributed by atoms with Gasteiger partial charge in [0.15, 0.2) is 0 Å². The first-order chi connectivity index (χ1) is 18.6. The van der Waals surface area contributed by atoms with Gasteiger partial charge in [-0.1, -0.05) is 18.2 Å². The zero-order valence-electron chi connectivity index (χ0n) is 22.0. The molecular formula is C29H32F3N3O4. The molecule has 2 aromatic carbocycles. The van der Waals surface area contributed by atoms with Gasteiger partial charge < -0.3 is 14.8 Å². The Kier molecular flexibility index (Phi) is 10.6. The third kappa shape index (κ3) is 8.61. The lowest BCUT2D eigenvalue weighted by molar-refractivity contribution is -0.274. The fourth-order valence-corrected chi connectivity index (χ4v) is 4.66. The molecule has 1 aliphatic rings. The molecule has 1 heterocycles. The number of rotatable bonds is 14. The lowest BCUT2D eigenvalue weighted by Crippen LogP contribution is -2.44. The minimum Gasteiger partial charge on any atom is -0.406 e. The van der Waals surface area contributed by atoms with Gasteiger partial charge in [-0.2, -0.15) is 0 Å². The summed E-state index contributed by atoms with van der Waals surface area (Å²) in [4.78, 5) is 41.4. The minimum absolute atomic E-state index is 0.184. The Bertz CT molecular complexity index is 1220. The molecular weight excluding hydrogens is 511 g/mol. The summed E-state index contributed by atoms with van der Waals surface area (Å²) in [6.45, 7) is 0.380. The Morgan fingerprint density at radius 2 is 1.90 bits per heavy atom. The molecule has 0 radical (unpaired) electrons. The summed E-state index contributed by atoms with van der Waals surface area (Å²) in [6, 6.07) is 10.7. The summed E-state index contributed by atoms with van der Waals surface area (Å²) in [5.41, 5.74) is 5.06. The standard InChI is InChI=1S/C29H32F3N3O4/c1-33-28(38)27(10-5-15-36)35(2)18-25-21(8-4-9-23(25)19-37)7-3-6-20-16-26(34-17-20)22-11-13-24(14-12-22)39-29(30,31)32/h4,8-9,11-15,17,19,27H,3,5-7,10,16,18H2,1-2H3,(H,33,38). The van der Waals surface area contributed by atoms with E-state index in [0.29, 0.717) is 31.4 Å². The zero-order chi connectivity index (χ0) is 28.4. The van der Waals surface area contributed by atoms with Gasteiger partial charge in [0.2, 0.25) is 5.91 Å². The summed E-state index contributed by atoms with van der Waals surface area (Å²) in [5, 5.41) is 2.64. The number of nitrogens with one attached hydrogen (secondary N) is 1. The van der Waals surface area contributed by atoms with Crippen LogP contribution in [0.4, 0.5) is 13.2 Å². The van der Waals surface area contributed by atoms with Crippen LogP contribution in [0.3, 0.4) is 0 Å². The van der Waals surface area contributed by atoms with Crippen molar-refractivity contribution in [2.24, 2.45) is 4.99 Å². The fraction of sp³-hybridized carbons (Fsp3) is 0.379. The Balaban J connectivity index is 1.60. The molecule has 0 spiro atoms. The van der Waals surface area contributed by atoms with Gasteiger partial charge in [0.1, 0.15) is 18.3 Å². The van der Waals surface area contributed by atoms with Crippen molar-refractivity contribution in [2.75, 3.05) is 14.1 Å². The van der Waals surface area contributed by atoms with Crippen molar-refractivity contribution in [3.63, 3.8) is 0 Å². The van der Waals surface area contributed by atoms with Crippen molar-refractivity contribution < 1.29 is 32.3 Å². The van der Waals surface area contributed by atoms with Crippen LogP contribution < -0.4 is 10.1 Å². The number of likely N-dealkylation sites (N-methyl/N-ethyl adjacent to an activating group) is 2. The Morgan fingerprint density at radius 1 is 1.15 bits per heavy atom. The molecule has 3 rings (SSSR count). The molecule has 1 N–H and O–H groups in total. The number of aldehydes is 2. The number of nitrogens with zero attached hydrogens (tertiary/aromatic N) is 2. The average molecular weight is 544 g/mol. The molecule has 1 aliphatic heterocycles. The molecule has 1 atom stereocenters. The number of ether oxygens (including phenoxy) is 1. The highest BCUT2D eigenvalue weighted by Crippen LogP contribution is 2.27. The van der Waals surface area contributed by atoms with Crippen molar-refractivity contribution >= 4 is 24.2 Å². The third-order valence-electron chi connectivity index (χ3n) is 6.65. The van der Waals surface area contributed by atoms with Crippen LogP contribution in [0.15, 0.2) is 59.2 Å². The number of amides is 1. The highest BCUT2D eigenvalue weighted by Gasteiger charge is 2.31. The van der Waals surface area contributed by atoms with Gasteiger partial charge in [-0.3, -0.25) is 19.5 Å². The lowest BCUT2D eigenvalue weighted by atomic mass is 9.94. The fourth-order valence-electron chi connectivity index (χ4n) is 4.66. The number of hydrogen-bond donors (Lipinski definition) is 1. The molecule has 7 nitrogen and oxygen atoms in total. The number of halogens is 3. The predicted molar refractivity (Wildman–Crippen MR) is 142 cm³/mol. The van der Waals surface area contributed by atoms with Gasteiger partial charge in [-0.15, -0.1) is 13.2 Å². The smallest absolute Gasteiger partial charge is 0.406 e. The van der Waals surface area contributed by atoms with E-state index in [1.807, 2.05) is 17.0 Å².